The number of hydrogen-bond acceptors (Lipinski definition) is 6. The third kappa shape index (κ3) is 5.31. The molecule has 0 saturated heterocycles. The maximum absolute atomic E-state index is 11.9. The van der Waals surface area contributed by atoms with Crippen LogP contribution in [0.4, 0.5) is 15.7 Å². The van der Waals surface area contributed by atoms with Crippen LogP contribution in [0.25, 0.3) is 0 Å². The number of amides is 3. The molecule has 0 spiro atoms. The van der Waals surface area contributed by atoms with Gasteiger partial charge in [0.1, 0.15) is 10.7 Å². The van der Waals surface area contributed by atoms with E-state index in [4.69, 9.17) is 11.5 Å². The van der Waals surface area contributed by atoms with Gasteiger partial charge in [-0.15, -0.1) is 0 Å². The Kier molecular flexibility index (Phi) is 5.14. The predicted molar refractivity (Wildman–Crippen MR) is 79.8 cm³/mol. The Morgan fingerprint density at radius 1 is 1.25 bits per heavy atom. The largest absolute Gasteiger partial charge is 0.382 e. The zero-order valence-corrected chi connectivity index (χ0v) is 12.6. The van der Waals surface area contributed by atoms with Crippen molar-refractivity contribution >= 4 is 34.2 Å². The molecule has 20 heavy (non-hydrogen) atoms. The lowest BCUT2D eigenvalue weighted by Crippen LogP contribution is -2.37. The van der Waals surface area contributed by atoms with Crippen molar-refractivity contribution in [2.45, 2.75) is 26.3 Å². The van der Waals surface area contributed by atoms with Gasteiger partial charge < -0.3 is 27.4 Å². The highest BCUT2D eigenvalue weighted by Gasteiger charge is 2.18. The minimum Gasteiger partial charge on any atom is -0.382 e. The van der Waals surface area contributed by atoms with Crippen molar-refractivity contribution in [1.29, 1.82) is 0 Å². The van der Waals surface area contributed by atoms with Gasteiger partial charge in [0.25, 0.3) is 5.91 Å². The summed E-state index contributed by atoms with van der Waals surface area (Å²) in [4.78, 5) is 26.8. The van der Waals surface area contributed by atoms with Crippen LogP contribution < -0.4 is 27.4 Å². The summed E-state index contributed by atoms with van der Waals surface area (Å²) in [5.74, 6) is -0.143. The lowest BCUT2D eigenvalue weighted by atomic mass is 10.1. The number of urea groups is 1. The first-order valence-corrected chi connectivity index (χ1v) is 6.86. The number of rotatable bonds is 5. The van der Waals surface area contributed by atoms with Crippen LogP contribution >= 0.6 is 11.3 Å². The summed E-state index contributed by atoms with van der Waals surface area (Å²) >= 11 is 1.19. The fraction of sp³-hybridized carbons (Fsp3) is 0.545. The molecule has 0 saturated carbocycles. The summed E-state index contributed by atoms with van der Waals surface area (Å²) in [5.41, 5.74) is 10.5. The van der Waals surface area contributed by atoms with E-state index in [2.05, 4.69) is 20.9 Å². The first-order valence-electron chi connectivity index (χ1n) is 6.05. The van der Waals surface area contributed by atoms with Gasteiger partial charge in [0.05, 0.1) is 0 Å². The minimum atomic E-state index is -0.631. The molecule has 0 aromatic carbocycles. The number of nitrogens with two attached hydrogens (primary N) is 2. The van der Waals surface area contributed by atoms with Crippen LogP contribution in [0.1, 0.15) is 30.4 Å². The lowest BCUT2D eigenvalue weighted by molar-refractivity contribution is 0.0958. The second-order valence-corrected chi connectivity index (χ2v) is 6.15. The van der Waals surface area contributed by atoms with E-state index in [0.29, 0.717) is 10.0 Å². The van der Waals surface area contributed by atoms with Gasteiger partial charge in [-0.25, -0.2) is 9.78 Å². The first-order chi connectivity index (χ1) is 9.19. The normalized spacial score (nSPS) is 10.9. The van der Waals surface area contributed by atoms with Crippen molar-refractivity contribution in [1.82, 2.24) is 15.6 Å². The molecule has 0 aliphatic heterocycles. The topological polar surface area (TPSA) is 135 Å². The van der Waals surface area contributed by atoms with Crippen LogP contribution in [-0.4, -0.2) is 35.6 Å². The predicted octanol–water partition coefficient (Wildman–Crippen LogP) is 0.334. The van der Waals surface area contributed by atoms with Crippen molar-refractivity contribution in [3.8, 4) is 0 Å². The lowest BCUT2D eigenvalue weighted by Gasteiger charge is -2.19. The quantitative estimate of drug-likeness (QED) is 0.499. The van der Waals surface area contributed by atoms with E-state index in [1.54, 1.807) is 0 Å². The molecule has 112 valence electrons. The van der Waals surface area contributed by atoms with Crippen LogP contribution in [0.2, 0.25) is 0 Å². The van der Waals surface area contributed by atoms with Crippen molar-refractivity contribution < 1.29 is 9.59 Å². The molecular weight excluding hydrogens is 280 g/mol. The molecule has 8 nitrogen and oxygen atoms in total. The fourth-order valence-electron chi connectivity index (χ4n) is 1.31. The number of thiazole rings is 1. The average molecular weight is 300 g/mol. The second kappa shape index (κ2) is 6.42. The molecule has 0 radical (unpaired) electrons. The van der Waals surface area contributed by atoms with Crippen molar-refractivity contribution in [3.05, 3.63) is 4.88 Å². The van der Waals surface area contributed by atoms with E-state index in [9.17, 15) is 9.59 Å². The van der Waals surface area contributed by atoms with Gasteiger partial charge in [-0.2, -0.15) is 0 Å². The van der Waals surface area contributed by atoms with Gasteiger partial charge in [0.15, 0.2) is 5.13 Å². The molecule has 1 aromatic heterocycles. The Balaban J connectivity index is 2.58. The van der Waals surface area contributed by atoms with Gasteiger partial charge in [-0.05, 0) is 20.8 Å². The van der Waals surface area contributed by atoms with Crippen molar-refractivity contribution in [2.75, 3.05) is 24.1 Å². The Hall–Kier alpha value is -2.03. The number of nitrogen functional groups attached to an aromatic ring is 1. The summed E-state index contributed by atoms with van der Waals surface area (Å²) in [6, 6.07) is -0.631. The summed E-state index contributed by atoms with van der Waals surface area (Å²) in [7, 11) is 0. The van der Waals surface area contributed by atoms with Gasteiger partial charge in [-0.3, -0.25) is 4.79 Å². The van der Waals surface area contributed by atoms with E-state index in [1.807, 2.05) is 20.8 Å². The molecule has 7 N–H and O–H groups in total. The van der Waals surface area contributed by atoms with Gasteiger partial charge in [0.2, 0.25) is 0 Å². The van der Waals surface area contributed by atoms with E-state index in [1.165, 1.54) is 11.3 Å². The number of nitrogens with zero attached hydrogens (tertiary/aromatic N) is 1. The molecule has 0 aliphatic carbocycles. The zero-order valence-electron chi connectivity index (χ0n) is 11.7. The van der Waals surface area contributed by atoms with Gasteiger partial charge in [0, 0.05) is 18.6 Å². The fourth-order valence-corrected chi connectivity index (χ4v) is 2.32. The van der Waals surface area contributed by atoms with E-state index in [0.717, 1.165) is 0 Å². The minimum absolute atomic E-state index is 0.163. The third-order valence-corrected chi connectivity index (χ3v) is 3.04. The number of nitrogens with one attached hydrogen (secondary N) is 3. The molecule has 1 aromatic rings. The Morgan fingerprint density at radius 3 is 2.40 bits per heavy atom. The molecular formula is C11H20N6O2S. The average Bonchev–Trinajstić information content (AvgIpc) is 2.62. The van der Waals surface area contributed by atoms with Crippen molar-refractivity contribution in [3.63, 3.8) is 0 Å². The number of carbonyl (C=O) groups is 2. The molecule has 0 bridgehead atoms. The molecule has 9 heteroatoms. The standard InChI is InChI=1S/C11H20N6O2S/c1-11(2,3)17-10-16-7(12)6(20-10)8(18)14-4-5-15-9(13)19/h4-5,12H2,1-3H3,(H,14,18)(H,16,17)(H3,13,15,19). The van der Waals surface area contributed by atoms with Crippen LogP contribution in [0.15, 0.2) is 0 Å². The Labute approximate surface area is 121 Å². The molecule has 0 fully saturated rings. The number of carbonyl (C=O) groups excluding carboxylic acids is 2. The van der Waals surface area contributed by atoms with E-state index >= 15 is 0 Å². The van der Waals surface area contributed by atoms with Crippen LogP contribution in [-0.2, 0) is 0 Å². The number of anilines is 2. The molecule has 0 unspecified atom stereocenters. The number of primary amides is 1. The molecule has 1 heterocycles. The highest BCUT2D eigenvalue weighted by Crippen LogP contribution is 2.26. The van der Waals surface area contributed by atoms with E-state index in [-0.39, 0.29) is 30.4 Å². The molecule has 1 rings (SSSR count). The maximum Gasteiger partial charge on any atom is 0.312 e. The second-order valence-electron chi connectivity index (χ2n) is 5.16. The number of hydrogen-bond donors (Lipinski definition) is 5. The summed E-state index contributed by atoms with van der Waals surface area (Å²) in [6.07, 6.45) is 0. The smallest absolute Gasteiger partial charge is 0.312 e. The van der Waals surface area contributed by atoms with Crippen LogP contribution in [0, 0.1) is 0 Å². The Bertz CT molecular complexity index is 494. The maximum atomic E-state index is 11.9. The van der Waals surface area contributed by atoms with E-state index < -0.39 is 6.03 Å². The monoisotopic (exact) mass is 300 g/mol. The SMILES string of the molecule is CC(C)(C)Nc1nc(N)c(C(=O)NCCNC(N)=O)s1. The number of aromatic nitrogens is 1. The summed E-state index contributed by atoms with van der Waals surface area (Å²) in [6.45, 7) is 6.48. The highest BCUT2D eigenvalue weighted by molar-refractivity contribution is 7.18. The molecule has 3 amide bonds. The van der Waals surface area contributed by atoms with Crippen LogP contribution in [0.5, 0.6) is 0 Å². The Morgan fingerprint density at radius 2 is 1.85 bits per heavy atom. The van der Waals surface area contributed by atoms with Gasteiger partial charge in [-0.1, -0.05) is 11.3 Å². The summed E-state index contributed by atoms with van der Waals surface area (Å²) < 4.78 is 0. The molecule has 0 atom stereocenters. The van der Waals surface area contributed by atoms with Crippen LogP contribution in [0.3, 0.4) is 0 Å². The highest BCUT2D eigenvalue weighted by atomic mass is 32.1. The third-order valence-electron chi connectivity index (χ3n) is 2.05. The molecule has 0 aliphatic rings. The van der Waals surface area contributed by atoms with Gasteiger partial charge >= 0.3 is 6.03 Å². The summed E-state index contributed by atoms with van der Waals surface area (Å²) in [5, 5.41) is 8.74. The zero-order chi connectivity index (χ0) is 15.3. The first kappa shape index (κ1) is 16.0. The van der Waals surface area contributed by atoms with Crippen molar-refractivity contribution in [2.24, 2.45) is 5.73 Å².